The number of rotatable bonds is 6. The Labute approximate surface area is 178 Å². The number of thiophene rings is 1. The molecule has 5 nitrogen and oxygen atoms in total. The van der Waals surface area contributed by atoms with E-state index in [9.17, 15) is 14.7 Å². The van der Waals surface area contributed by atoms with Gasteiger partial charge in [0.05, 0.1) is 23.2 Å². The molecule has 0 bridgehead atoms. The molecule has 0 radical (unpaired) electrons. The first-order valence-electron chi connectivity index (χ1n) is 10.3. The molecule has 1 fully saturated rings. The summed E-state index contributed by atoms with van der Waals surface area (Å²) in [6.07, 6.45) is 3.55. The highest BCUT2D eigenvalue weighted by Gasteiger charge is 2.32. The quantitative estimate of drug-likeness (QED) is 0.656. The van der Waals surface area contributed by atoms with Crippen molar-refractivity contribution in [1.82, 2.24) is 0 Å². The van der Waals surface area contributed by atoms with Gasteiger partial charge in [-0.3, -0.25) is 4.79 Å². The van der Waals surface area contributed by atoms with Crippen molar-refractivity contribution >= 4 is 28.9 Å². The molecule has 1 aromatic rings. The van der Waals surface area contributed by atoms with E-state index in [0.29, 0.717) is 23.0 Å². The summed E-state index contributed by atoms with van der Waals surface area (Å²) in [7, 11) is 1.60. The summed E-state index contributed by atoms with van der Waals surface area (Å²) in [6.45, 7) is 10.4. The van der Waals surface area contributed by atoms with Crippen LogP contribution < -0.4 is 4.90 Å². The highest BCUT2D eigenvalue weighted by atomic mass is 32.1. The minimum Gasteiger partial charge on any atom is -0.477 e. The molecule has 0 unspecified atom stereocenters. The van der Waals surface area contributed by atoms with Gasteiger partial charge in [-0.05, 0) is 65.4 Å². The van der Waals surface area contributed by atoms with Crippen LogP contribution in [-0.4, -0.2) is 36.7 Å². The number of aromatic carboxylic acids is 1. The maximum Gasteiger partial charge on any atom is 0.348 e. The van der Waals surface area contributed by atoms with Crippen LogP contribution in [0.25, 0.3) is 0 Å². The first kappa shape index (κ1) is 23.4. The van der Waals surface area contributed by atoms with E-state index in [0.717, 1.165) is 37.0 Å². The number of ether oxygens (including phenoxy) is 1. The Morgan fingerprint density at radius 3 is 2.45 bits per heavy atom. The number of carboxylic acids is 1. The Kier molecular flexibility index (Phi) is 7.90. The normalized spacial score (nSPS) is 20.5. The van der Waals surface area contributed by atoms with E-state index in [4.69, 9.17) is 4.74 Å². The number of carboxylic acid groups (broad SMARTS) is 1. The highest BCUT2D eigenvalue weighted by Crippen LogP contribution is 2.35. The van der Waals surface area contributed by atoms with Crippen molar-refractivity contribution in [2.75, 3.05) is 18.6 Å². The van der Waals surface area contributed by atoms with Crippen LogP contribution in [0.5, 0.6) is 0 Å². The zero-order chi connectivity index (χ0) is 21.8. The molecule has 0 aromatic carbocycles. The Morgan fingerprint density at radius 1 is 1.31 bits per heavy atom. The van der Waals surface area contributed by atoms with E-state index < -0.39 is 5.97 Å². The maximum atomic E-state index is 13.4. The van der Waals surface area contributed by atoms with Crippen molar-refractivity contribution in [2.45, 2.75) is 66.4 Å². The number of amides is 1. The Morgan fingerprint density at radius 2 is 1.93 bits per heavy atom. The lowest BCUT2D eigenvalue weighted by Crippen LogP contribution is -2.42. The molecule has 1 amide bonds. The summed E-state index contributed by atoms with van der Waals surface area (Å²) < 4.78 is 5.39. The van der Waals surface area contributed by atoms with Crippen LogP contribution in [0.3, 0.4) is 0 Å². The topological polar surface area (TPSA) is 66.8 Å². The van der Waals surface area contributed by atoms with Gasteiger partial charge >= 0.3 is 5.97 Å². The number of carbonyl (C=O) groups excluding carboxylic acids is 1. The minimum atomic E-state index is -1.03. The average molecular weight is 420 g/mol. The number of carbonyl (C=O) groups is 2. The Hall–Kier alpha value is -1.84. The summed E-state index contributed by atoms with van der Waals surface area (Å²) >= 11 is 1.13. The SMILES string of the molecule is CO[C@@H](C)CN(C(=O)C1CCC(C)CC1)c1cc(C#CC(C)(C)C)sc1C(=O)O. The predicted octanol–water partition coefficient (Wildman–Crippen LogP) is 5.04. The number of anilines is 1. The largest absolute Gasteiger partial charge is 0.477 e. The first-order valence-corrected chi connectivity index (χ1v) is 11.1. The Bertz CT molecular complexity index is 788. The molecule has 0 saturated heterocycles. The average Bonchev–Trinajstić information content (AvgIpc) is 3.08. The van der Waals surface area contributed by atoms with Crippen LogP contribution in [0, 0.1) is 29.1 Å². The third-order valence-electron chi connectivity index (χ3n) is 5.23. The fourth-order valence-electron chi connectivity index (χ4n) is 3.41. The molecule has 6 heteroatoms. The van der Waals surface area contributed by atoms with Crippen LogP contribution in [0.4, 0.5) is 5.69 Å². The molecule has 1 atom stereocenters. The maximum absolute atomic E-state index is 13.4. The van der Waals surface area contributed by atoms with Crippen molar-refractivity contribution in [3.8, 4) is 11.8 Å². The number of methoxy groups -OCH3 is 1. The number of nitrogens with zero attached hydrogens (tertiary/aromatic N) is 1. The number of hydrogen-bond donors (Lipinski definition) is 1. The lowest BCUT2D eigenvalue weighted by atomic mass is 9.82. The molecule has 1 heterocycles. The monoisotopic (exact) mass is 419 g/mol. The molecule has 0 spiro atoms. The van der Waals surface area contributed by atoms with Crippen LogP contribution >= 0.6 is 11.3 Å². The van der Waals surface area contributed by atoms with Crippen molar-refractivity contribution in [3.05, 3.63) is 15.8 Å². The van der Waals surface area contributed by atoms with Gasteiger partial charge in [0.2, 0.25) is 5.91 Å². The molecule has 1 aromatic heterocycles. The van der Waals surface area contributed by atoms with Crippen molar-refractivity contribution in [1.29, 1.82) is 0 Å². The second kappa shape index (κ2) is 9.77. The van der Waals surface area contributed by atoms with Gasteiger partial charge in [-0.1, -0.05) is 18.8 Å². The van der Waals surface area contributed by atoms with Crippen LogP contribution in [-0.2, 0) is 9.53 Å². The molecule has 1 saturated carbocycles. The molecule has 1 N–H and O–H groups in total. The van der Waals surface area contributed by atoms with E-state index in [1.165, 1.54) is 0 Å². The van der Waals surface area contributed by atoms with Gasteiger partial charge in [-0.15, -0.1) is 11.3 Å². The second-order valence-electron chi connectivity index (χ2n) is 9.08. The van der Waals surface area contributed by atoms with Gasteiger partial charge < -0.3 is 14.7 Å². The Balaban J connectivity index is 2.43. The highest BCUT2D eigenvalue weighted by molar-refractivity contribution is 7.15. The third-order valence-corrected chi connectivity index (χ3v) is 6.26. The van der Waals surface area contributed by atoms with Crippen molar-refractivity contribution in [2.24, 2.45) is 17.3 Å². The summed E-state index contributed by atoms with van der Waals surface area (Å²) in [4.78, 5) is 27.8. The molecular formula is C23H33NO4S. The van der Waals surface area contributed by atoms with E-state index in [-0.39, 0.29) is 28.2 Å². The predicted molar refractivity (Wildman–Crippen MR) is 118 cm³/mol. The van der Waals surface area contributed by atoms with E-state index in [1.807, 2.05) is 27.7 Å². The van der Waals surface area contributed by atoms with Gasteiger partial charge in [-0.2, -0.15) is 0 Å². The van der Waals surface area contributed by atoms with Crippen LogP contribution in [0.15, 0.2) is 6.07 Å². The first-order chi connectivity index (χ1) is 13.5. The lowest BCUT2D eigenvalue weighted by Gasteiger charge is -2.32. The fraction of sp³-hybridized carbons (Fsp3) is 0.652. The zero-order valence-electron chi connectivity index (χ0n) is 18.4. The van der Waals surface area contributed by atoms with Gasteiger partial charge in [0.1, 0.15) is 4.88 Å². The van der Waals surface area contributed by atoms with E-state index in [2.05, 4.69) is 18.8 Å². The summed E-state index contributed by atoms with van der Waals surface area (Å²) in [5.41, 5.74) is 0.250. The minimum absolute atomic E-state index is 0.00331. The van der Waals surface area contributed by atoms with Gasteiger partial charge in [0, 0.05) is 18.4 Å². The van der Waals surface area contributed by atoms with Crippen LogP contribution in [0.2, 0.25) is 0 Å². The van der Waals surface area contributed by atoms with Crippen molar-refractivity contribution < 1.29 is 19.4 Å². The second-order valence-corrected chi connectivity index (χ2v) is 10.1. The molecule has 1 aliphatic rings. The summed E-state index contributed by atoms with van der Waals surface area (Å²) in [5, 5.41) is 9.77. The van der Waals surface area contributed by atoms with Crippen molar-refractivity contribution in [3.63, 3.8) is 0 Å². The summed E-state index contributed by atoms with van der Waals surface area (Å²) in [5.74, 6) is 5.76. The molecule has 160 valence electrons. The molecule has 1 aliphatic carbocycles. The zero-order valence-corrected chi connectivity index (χ0v) is 19.2. The fourth-order valence-corrected chi connectivity index (χ4v) is 4.27. The lowest BCUT2D eigenvalue weighted by molar-refractivity contribution is -0.123. The molecule has 2 rings (SSSR count). The van der Waals surface area contributed by atoms with Crippen LogP contribution in [0.1, 0.15) is 74.9 Å². The summed E-state index contributed by atoms with van der Waals surface area (Å²) in [6, 6.07) is 1.75. The molecule has 29 heavy (non-hydrogen) atoms. The number of hydrogen-bond acceptors (Lipinski definition) is 4. The smallest absolute Gasteiger partial charge is 0.348 e. The van der Waals surface area contributed by atoms with Gasteiger partial charge in [0.25, 0.3) is 0 Å². The standard InChI is InChI=1S/C23H33NO4S/c1-15-7-9-17(10-8-15)21(25)24(14-16(2)28-6)19-13-18(11-12-23(3,4)5)29-20(19)22(26)27/h13,15-17H,7-10,14H2,1-6H3,(H,26,27)/t15?,16-,17?/m0/s1. The van der Waals surface area contributed by atoms with E-state index in [1.54, 1.807) is 18.1 Å². The molecular weight excluding hydrogens is 386 g/mol. The third kappa shape index (κ3) is 6.58. The van der Waals surface area contributed by atoms with Gasteiger partial charge in [-0.25, -0.2) is 4.79 Å². The molecule has 0 aliphatic heterocycles. The van der Waals surface area contributed by atoms with Gasteiger partial charge in [0.15, 0.2) is 0 Å². The van der Waals surface area contributed by atoms with E-state index >= 15 is 0 Å².